The Balaban J connectivity index is 2.82. The second-order valence-corrected chi connectivity index (χ2v) is 5.93. The molecule has 1 aromatic carbocycles. The van der Waals surface area contributed by atoms with Crippen LogP contribution in [0.3, 0.4) is 0 Å². The molecule has 0 saturated carbocycles. The van der Waals surface area contributed by atoms with Gasteiger partial charge in [0, 0.05) is 8.95 Å². The number of hydrogen-bond acceptors (Lipinski definition) is 0. The number of rotatable bonds is 4. The summed E-state index contributed by atoms with van der Waals surface area (Å²) < 4.78 is 0.698. The lowest BCUT2D eigenvalue weighted by Crippen LogP contribution is -1.96. The van der Waals surface area contributed by atoms with E-state index in [1.165, 1.54) is 17.5 Å². The lowest BCUT2D eigenvalue weighted by molar-refractivity contribution is 0.832. The first-order valence-electron chi connectivity index (χ1n) is 4.68. The highest BCUT2D eigenvalue weighted by molar-refractivity contribution is 14.1. The number of hydrogen-bond donors (Lipinski definition) is 0. The highest BCUT2D eigenvalue weighted by atomic mass is 127. The SMILES string of the molecule is C=Cc1ccc(Cl)cc1CCC(C)I. The first-order valence-corrected chi connectivity index (χ1v) is 6.30. The summed E-state index contributed by atoms with van der Waals surface area (Å²) in [5, 5.41) is 0.812. The molecule has 0 aliphatic rings. The molecule has 1 aromatic rings. The van der Waals surface area contributed by atoms with Gasteiger partial charge in [0.2, 0.25) is 0 Å². The first kappa shape index (κ1) is 12.1. The lowest BCUT2D eigenvalue weighted by Gasteiger charge is -2.07. The van der Waals surface area contributed by atoms with Crippen molar-refractivity contribution in [1.29, 1.82) is 0 Å². The average molecular weight is 321 g/mol. The summed E-state index contributed by atoms with van der Waals surface area (Å²) in [5.41, 5.74) is 2.50. The molecule has 0 spiro atoms. The highest BCUT2D eigenvalue weighted by Crippen LogP contribution is 2.20. The standard InChI is InChI=1S/C12H14ClI/c1-3-10-6-7-12(13)8-11(10)5-4-9(2)14/h3,6-9H,1,4-5H2,2H3. The third kappa shape index (κ3) is 3.62. The van der Waals surface area contributed by atoms with Crippen LogP contribution in [-0.4, -0.2) is 3.92 Å². The lowest BCUT2D eigenvalue weighted by atomic mass is 10.0. The van der Waals surface area contributed by atoms with Gasteiger partial charge in [0.25, 0.3) is 0 Å². The monoisotopic (exact) mass is 320 g/mol. The molecule has 0 nitrogen and oxygen atoms in total. The van der Waals surface area contributed by atoms with Crippen LogP contribution in [0.5, 0.6) is 0 Å². The molecule has 0 fully saturated rings. The minimum atomic E-state index is 0.698. The summed E-state index contributed by atoms with van der Waals surface area (Å²) in [4.78, 5) is 0. The van der Waals surface area contributed by atoms with Gasteiger partial charge in [-0.15, -0.1) is 0 Å². The Morgan fingerprint density at radius 2 is 2.29 bits per heavy atom. The highest BCUT2D eigenvalue weighted by Gasteiger charge is 2.02. The molecule has 14 heavy (non-hydrogen) atoms. The zero-order valence-corrected chi connectivity index (χ0v) is 11.2. The molecule has 0 saturated heterocycles. The van der Waals surface area contributed by atoms with Crippen LogP contribution in [0, 0.1) is 0 Å². The summed E-state index contributed by atoms with van der Waals surface area (Å²) in [5.74, 6) is 0. The quantitative estimate of drug-likeness (QED) is 0.555. The Kier molecular flexibility index (Phi) is 4.96. The number of benzene rings is 1. The molecule has 0 aliphatic heterocycles. The van der Waals surface area contributed by atoms with Crippen molar-refractivity contribution in [1.82, 2.24) is 0 Å². The predicted octanol–water partition coefficient (Wildman–Crippen LogP) is 4.74. The van der Waals surface area contributed by atoms with Gasteiger partial charge >= 0.3 is 0 Å². The smallest absolute Gasteiger partial charge is 0.0409 e. The normalized spacial score (nSPS) is 12.5. The molecule has 0 aliphatic carbocycles. The molecule has 1 rings (SSSR count). The summed E-state index contributed by atoms with van der Waals surface area (Å²) >= 11 is 8.40. The zero-order chi connectivity index (χ0) is 10.6. The van der Waals surface area contributed by atoms with E-state index < -0.39 is 0 Å². The molecular weight excluding hydrogens is 306 g/mol. The maximum atomic E-state index is 5.95. The molecule has 1 atom stereocenters. The van der Waals surface area contributed by atoms with Gasteiger partial charge in [-0.3, -0.25) is 0 Å². The van der Waals surface area contributed by atoms with Crippen LogP contribution in [0.25, 0.3) is 6.08 Å². The molecule has 2 heteroatoms. The molecule has 1 unspecified atom stereocenters. The van der Waals surface area contributed by atoms with Crippen LogP contribution < -0.4 is 0 Å². The third-order valence-electron chi connectivity index (χ3n) is 2.14. The minimum Gasteiger partial charge on any atom is -0.0985 e. The fourth-order valence-electron chi connectivity index (χ4n) is 1.34. The van der Waals surface area contributed by atoms with Crippen molar-refractivity contribution in [3.63, 3.8) is 0 Å². The van der Waals surface area contributed by atoms with Gasteiger partial charge in [-0.25, -0.2) is 0 Å². The van der Waals surface area contributed by atoms with Crippen molar-refractivity contribution in [2.75, 3.05) is 0 Å². The summed E-state index contributed by atoms with van der Waals surface area (Å²) in [6.45, 7) is 6.02. The van der Waals surface area contributed by atoms with Crippen LogP contribution >= 0.6 is 34.2 Å². The Labute approximate surface area is 104 Å². The van der Waals surface area contributed by atoms with Gasteiger partial charge in [0.1, 0.15) is 0 Å². The van der Waals surface area contributed by atoms with E-state index in [0.717, 1.165) is 11.4 Å². The van der Waals surface area contributed by atoms with Gasteiger partial charge < -0.3 is 0 Å². The molecule has 0 amide bonds. The topological polar surface area (TPSA) is 0 Å². The second kappa shape index (κ2) is 5.76. The predicted molar refractivity (Wildman–Crippen MR) is 73.3 cm³/mol. The van der Waals surface area contributed by atoms with Gasteiger partial charge in [-0.2, -0.15) is 0 Å². The van der Waals surface area contributed by atoms with Gasteiger partial charge in [0.15, 0.2) is 0 Å². The number of aryl methyl sites for hydroxylation is 1. The van der Waals surface area contributed by atoms with Gasteiger partial charge in [-0.1, -0.05) is 59.8 Å². The van der Waals surface area contributed by atoms with Crippen LogP contribution in [0.1, 0.15) is 24.5 Å². The number of alkyl halides is 1. The van der Waals surface area contributed by atoms with E-state index >= 15 is 0 Å². The van der Waals surface area contributed by atoms with Crippen LogP contribution in [0.4, 0.5) is 0 Å². The van der Waals surface area contributed by atoms with Crippen molar-refractivity contribution >= 4 is 40.3 Å². The minimum absolute atomic E-state index is 0.698. The van der Waals surface area contributed by atoms with E-state index in [0.29, 0.717) is 3.92 Å². The molecule has 0 heterocycles. The van der Waals surface area contributed by atoms with E-state index in [-0.39, 0.29) is 0 Å². The van der Waals surface area contributed by atoms with E-state index in [2.05, 4.69) is 36.1 Å². The summed E-state index contributed by atoms with van der Waals surface area (Å²) in [6.07, 6.45) is 4.15. The second-order valence-electron chi connectivity index (χ2n) is 3.37. The van der Waals surface area contributed by atoms with Crippen molar-refractivity contribution in [3.8, 4) is 0 Å². The van der Waals surface area contributed by atoms with Gasteiger partial charge in [0.05, 0.1) is 0 Å². The maximum absolute atomic E-state index is 5.95. The zero-order valence-electron chi connectivity index (χ0n) is 8.26. The van der Waals surface area contributed by atoms with Crippen molar-refractivity contribution in [2.24, 2.45) is 0 Å². The Morgan fingerprint density at radius 1 is 1.57 bits per heavy atom. The fourth-order valence-corrected chi connectivity index (χ4v) is 1.85. The largest absolute Gasteiger partial charge is 0.0985 e. The molecule has 0 bridgehead atoms. The Morgan fingerprint density at radius 3 is 2.86 bits per heavy atom. The van der Waals surface area contributed by atoms with E-state index in [1.54, 1.807) is 0 Å². The van der Waals surface area contributed by atoms with E-state index in [1.807, 2.05) is 24.3 Å². The van der Waals surface area contributed by atoms with E-state index in [4.69, 9.17) is 11.6 Å². The van der Waals surface area contributed by atoms with Crippen LogP contribution in [-0.2, 0) is 6.42 Å². The van der Waals surface area contributed by atoms with Crippen molar-refractivity contribution < 1.29 is 0 Å². The van der Waals surface area contributed by atoms with E-state index in [9.17, 15) is 0 Å². The van der Waals surface area contributed by atoms with Crippen LogP contribution in [0.15, 0.2) is 24.8 Å². The molecular formula is C12H14ClI. The van der Waals surface area contributed by atoms with Gasteiger partial charge in [-0.05, 0) is 36.1 Å². The third-order valence-corrected chi connectivity index (χ3v) is 2.99. The van der Waals surface area contributed by atoms with Crippen molar-refractivity contribution in [3.05, 3.63) is 40.9 Å². The first-order chi connectivity index (χ1) is 6.63. The number of halogens is 2. The van der Waals surface area contributed by atoms with Crippen molar-refractivity contribution in [2.45, 2.75) is 23.7 Å². The van der Waals surface area contributed by atoms with Crippen LogP contribution in [0.2, 0.25) is 5.02 Å². The Hall–Kier alpha value is -0.0200. The maximum Gasteiger partial charge on any atom is 0.0409 e. The molecule has 0 aromatic heterocycles. The molecule has 0 N–H and O–H groups in total. The molecule has 76 valence electrons. The fraction of sp³-hybridized carbons (Fsp3) is 0.333. The summed E-state index contributed by atoms with van der Waals surface area (Å²) in [7, 11) is 0. The average Bonchev–Trinajstić information content (AvgIpc) is 2.15. The Bertz CT molecular complexity index is 318. The molecule has 0 radical (unpaired) electrons. The summed E-state index contributed by atoms with van der Waals surface area (Å²) in [6, 6.07) is 5.98.